The van der Waals surface area contributed by atoms with Gasteiger partial charge in [-0.1, -0.05) is 42.6 Å². The van der Waals surface area contributed by atoms with E-state index >= 15 is 0 Å². The van der Waals surface area contributed by atoms with Crippen LogP contribution in [0, 0.1) is 11.8 Å². The smallest absolute Gasteiger partial charge is 0.303 e. The maximum Gasteiger partial charge on any atom is 0.303 e. The van der Waals surface area contributed by atoms with E-state index in [0.29, 0.717) is 37.1 Å². The molecule has 1 fully saturated rings. The van der Waals surface area contributed by atoms with Crippen LogP contribution in [0.1, 0.15) is 57.8 Å². The number of hydrogen-bond acceptors (Lipinski definition) is 6. The van der Waals surface area contributed by atoms with Crippen molar-refractivity contribution in [2.45, 2.75) is 70.0 Å². The second-order valence-electron chi connectivity index (χ2n) is 7.84. The van der Waals surface area contributed by atoms with Gasteiger partial charge < -0.3 is 25.3 Å². The highest BCUT2D eigenvalue weighted by Gasteiger charge is 2.39. The van der Waals surface area contributed by atoms with Crippen LogP contribution in [0.2, 0.25) is 0 Å². The minimum atomic E-state index is -0.769. The molecule has 0 saturated heterocycles. The summed E-state index contributed by atoms with van der Waals surface area (Å²) < 4.78 is 5.58. The van der Waals surface area contributed by atoms with Gasteiger partial charge in [0.1, 0.15) is 12.4 Å². The third kappa shape index (κ3) is 8.03. The molecule has 0 amide bonds. The van der Waals surface area contributed by atoms with Gasteiger partial charge in [0.25, 0.3) is 0 Å². The third-order valence-corrected chi connectivity index (χ3v) is 5.66. The van der Waals surface area contributed by atoms with E-state index in [4.69, 9.17) is 9.84 Å². The molecule has 0 aromatic heterocycles. The monoisotopic (exact) mass is 407 g/mol. The van der Waals surface area contributed by atoms with E-state index in [9.17, 15) is 20.2 Å². The first kappa shape index (κ1) is 23.2. The standard InChI is InChI=1S/C22H33NO6/c24-16(15-29-17-8-4-3-5-9-17)12-13-18-19(21(25)14-20(18)23-28)10-6-1-2-7-11-22(26)27/h3-5,8-9,16,18-19,21,24-25,28H,1-2,6-7,10-15H2,(H,26,27)/b23-20-/t16-,18-,19-,21+/m1/s1. The molecule has 1 aliphatic rings. The van der Waals surface area contributed by atoms with Crippen molar-refractivity contribution in [2.75, 3.05) is 6.61 Å². The molecule has 4 N–H and O–H groups in total. The van der Waals surface area contributed by atoms with Crippen LogP contribution in [0.4, 0.5) is 0 Å². The van der Waals surface area contributed by atoms with Crippen molar-refractivity contribution >= 4 is 11.7 Å². The largest absolute Gasteiger partial charge is 0.491 e. The number of ether oxygens (including phenoxy) is 1. The lowest BCUT2D eigenvalue weighted by Gasteiger charge is -2.23. The number of rotatable bonds is 13. The fraction of sp³-hybridized carbons (Fsp3) is 0.636. The molecule has 1 aromatic carbocycles. The molecule has 0 heterocycles. The van der Waals surface area contributed by atoms with Gasteiger partial charge in [-0.25, -0.2) is 0 Å². The van der Waals surface area contributed by atoms with Crippen LogP contribution in [0.3, 0.4) is 0 Å². The van der Waals surface area contributed by atoms with Crippen molar-refractivity contribution in [3.63, 3.8) is 0 Å². The van der Waals surface area contributed by atoms with E-state index in [1.165, 1.54) is 0 Å². The molecule has 0 unspecified atom stereocenters. The Balaban J connectivity index is 1.76. The fourth-order valence-corrected chi connectivity index (χ4v) is 4.10. The maximum absolute atomic E-state index is 10.6. The van der Waals surface area contributed by atoms with Crippen molar-refractivity contribution < 1.29 is 30.1 Å². The van der Waals surface area contributed by atoms with Crippen molar-refractivity contribution in [3.05, 3.63) is 30.3 Å². The van der Waals surface area contributed by atoms with Crippen LogP contribution in [-0.4, -0.2) is 51.0 Å². The summed E-state index contributed by atoms with van der Waals surface area (Å²) in [5.41, 5.74) is 0.601. The number of aliphatic hydroxyl groups is 2. The number of para-hydroxylation sites is 1. The lowest BCUT2D eigenvalue weighted by Crippen LogP contribution is -2.24. The first-order valence-electron chi connectivity index (χ1n) is 10.5. The second kappa shape index (κ2) is 12.4. The molecule has 2 rings (SSSR count). The molecule has 1 aromatic rings. The molecule has 7 heteroatoms. The summed E-state index contributed by atoms with van der Waals surface area (Å²) >= 11 is 0. The molecule has 0 spiro atoms. The number of carbonyl (C=O) groups is 1. The molecule has 162 valence electrons. The SMILES string of the molecule is O=C(O)CCCCCC[C@H]1[C@@H](O)C/C(=N/O)[C@@H]1CC[C@@H](O)COc1ccccc1. The molecule has 0 bridgehead atoms. The maximum atomic E-state index is 10.6. The van der Waals surface area contributed by atoms with E-state index in [1.54, 1.807) is 0 Å². The van der Waals surface area contributed by atoms with Gasteiger partial charge in [0, 0.05) is 18.8 Å². The average Bonchev–Trinajstić information content (AvgIpc) is 3.02. The molecule has 0 aliphatic heterocycles. The number of unbranched alkanes of at least 4 members (excludes halogenated alkanes) is 3. The second-order valence-corrected chi connectivity index (χ2v) is 7.84. The summed E-state index contributed by atoms with van der Waals surface area (Å²) in [6.07, 6.45) is 4.65. The Labute approximate surface area is 172 Å². The molecule has 29 heavy (non-hydrogen) atoms. The Hall–Kier alpha value is -2.12. The zero-order valence-corrected chi connectivity index (χ0v) is 16.8. The number of carboxylic acid groups (broad SMARTS) is 1. The molecule has 0 radical (unpaired) electrons. The van der Waals surface area contributed by atoms with Crippen LogP contribution >= 0.6 is 0 Å². The number of aliphatic carboxylic acids is 1. The van der Waals surface area contributed by atoms with Gasteiger partial charge in [0.05, 0.1) is 17.9 Å². The summed E-state index contributed by atoms with van der Waals surface area (Å²) in [5, 5.41) is 42.0. The predicted octanol–water partition coefficient (Wildman–Crippen LogP) is 3.46. The van der Waals surface area contributed by atoms with E-state index in [1.807, 2.05) is 30.3 Å². The predicted molar refractivity (Wildman–Crippen MR) is 109 cm³/mol. The van der Waals surface area contributed by atoms with Gasteiger partial charge in [-0.3, -0.25) is 4.79 Å². The van der Waals surface area contributed by atoms with Gasteiger partial charge in [-0.15, -0.1) is 0 Å². The highest BCUT2D eigenvalue weighted by atomic mass is 16.5. The molecule has 1 aliphatic carbocycles. The minimum Gasteiger partial charge on any atom is -0.491 e. The minimum absolute atomic E-state index is 0.00242. The zero-order valence-electron chi connectivity index (χ0n) is 16.8. The Morgan fingerprint density at radius 3 is 2.55 bits per heavy atom. The molecule has 7 nitrogen and oxygen atoms in total. The number of carboxylic acids is 1. The van der Waals surface area contributed by atoms with E-state index in [2.05, 4.69) is 5.16 Å². The van der Waals surface area contributed by atoms with Crippen LogP contribution in [-0.2, 0) is 4.79 Å². The summed E-state index contributed by atoms with van der Waals surface area (Å²) in [5.74, 6) is -0.112. The lowest BCUT2D eigenvalue weighted by molar-refractivity contribution is -0.137. The van der Waals surface area contributed by atoms with Crippen molar-refractivity contribution in [1.82, 2.24) is 0 Å². The van der Waals surface area contributed by atoms with Crippen LogP contribution in [0.25, 0.3) is 0 Å². The first-order chi connectivity index (χ1) is 14.0. The summed E-state index contributed by atoms with van der Waals surface area (Å²) in [6.45, 7) is 0.194. The lowest BCUT2D eigenvalue weighted by atomic mass is 9.85. The van der Waals surface area contributed by atoms with Crippen LogP contribution in [0.15, 0.2) is 35.5 Å². The van der Waals surface area contributed by atoms with Gasteiger partial charge in [-0.05, 0) is 43.7 Å². The normalized spacial score (nSPS) is 23.9. The van der Waals surface area contributed by atoms with Gasteiger partial charge >= 0.3 is 5.97 Å². The Kier molecular flexibility index (Phi) is 9.94. The molecular formula is C22H33NO6. The Morgan fingerprint density at radius 1 is 1.14 bits per heavy atom. The number of oxime groups is 1. The summed E-state index contributed by atoms with van der Waals surface area (Å²) in [4.78, 5) is 10.6. The van der Waals surface area contributed by atoms with Gasteiger partial charge in [0.2, 0.25) is 0 Å². The highest BCUT2D eigenvalue weighted by Crippen LogP contribution is 2.37. The fourth-order valence-electron chi connectivity index (χ4n) is 4.10. The number of benzene rings is 1. The van der Waals surface area contributed by atoms with Crippen molar-refractivity contribution in [3.8, 4) is 5.75 Å². The quantitative estimate of drug-likeness (QED) is 0.226. The van der Waals surface area contributed by atoms with E-state index in [-0.39, 0.29) is 24.9 Å². The van der Waals surface area contributed by atoms with Crippen molar-refractivity contribution in [2.24, 2.45) is 17.0 Å². The Bertz CT molecular complexity index is 635. The average molecular weight is 408 g/mol. The number of nitrogens with zero attached hydrogens (tertiary/aromatic N) is 1. The van der Waals surface area contributed by atoms with Gasteiger partial charge in [0.15, 0.2) is 0 Å². The number of hydrogen-bond donors (Lipinski definition) is 4. The molecular weight excluding hydrogens is 374 g/mol. The summed E-state index contributed by atoms with van der Waals surface area (Å²) in [6, 6.07) is 9.32. The number of aliphatic hydroxyl groups excluding tert-OH is 2. The first-order valence-corrected chi connectivity index (χ1v) is 10.5. The molecule has 1 saturated carbocycles. The van der Waals surface area contributed by atoms with Gasteiger partial charge in [-0.2, -0.15) is 0 Å². The third-order valence-electron chi connectivity index (χ3n) is 5.66. The molecule has 4 atom stereocenters. The Morgan fingerprint density at radius 2 is 1.86 bits per heavy atom. The van der Waals surface area contributed by atoms with Crippen molar-refractivity contribution in [1.29, 1.82) is 0 Å². The van der Waals surface area contributed by atoms with Crippen LogP contribution < -0.4 is 4.74 Å². The van der Waals surface area contributed by atoms with E-state index in [0.717, 1.165) is 25.7 Å². The zero-order chi connectivity index (χ0) is 21.1. The summed E-state index contributed by atoms with van der Waals surface area (Å²) in [7, 11) is 0. The van der Waals surface area contributed by atoms with Crippen LogP contribution in [0.5, 0.6) is 5.75 Å². The topological polar surface area (TPSA) is 120 Å². The van der Waals surface area contributed by atoms with E-state index < -0.39 is 18.2 Å². The highest BCUT2D eigenvalue weighted by molar-refractivity contribution is 5.89.